The SMILES string of the molecule is CCCCN(C)Cc1cnn(CC(=O)OC)c1-c1ccc(OC(C)C)cc1. The van der Waals surface area contributed by atoms with E-state index in [2.05, 4.69) is 24.0 Å². The highest BCUT2D eigenvalue weighted by Gasteiger charge is 2.17. The lowest BCUT2D eigenvalue weighted by molar-refractivity contribution is -0.141. The second-order valence-electron chi connectivity index (χ2n) is 7.03. The summed E-state index contributed by atoms with van der Waals surface area (Å²) in [7, 11) is 3.50. The minimum atomic E-state index is -0.315. The van der Waals surface area contributed by atoms with Crippen LogP contribution in [-0.4, -0.2) is 47.5 Å². The molecule has 6 nitrogen and oxygen atoms in total. The number of nitrogens with zero attached hydrogens (tertiary/aromatic N) is 3. The van der Waals surface area contributed by atoms with Gasteiger partial charge in [-0.05, 0) is 58.1 Å². The Morgan fingerprint density at radius 2 is 1.96 bits per heavy atom. The quantitative estimate of drug-likeness (QED) is 0.594. The predicted molar refractivity (Wildman–Crippen MR) is 107 cm³/mol. The lowest BCUT2D eigenvalue weighted by Gasteiger charge is -2.17. The van der Waals surface area contributed by atoms with Crippen molar-refractivity contribution in [1.29, 1.82) is 0 Å². The number of carbonyl (C=O) groups is 1. The van der Waals surface area contributed by atoms with Crippen molar-refractivity contribution in [3.63, 3.8) is 0 Å². The van der Waals surface area contributed by atoms with E-state index >= 15 is 0 Å². The summed E-state index contributed by atoms with van der Waals surface area (Å²) in [4.78, 5) is 14.1. The minimum Gasteiger partial charge on any atom is -0.491 e. The van der Waals surface area contributed by atoms with Gasteiger partial charge < -0.3 is 14.4 Å². The molecule has 0 aliphatic heterocycles. The van der Waals surface area contributed by atoms with E-state index in [1.165, 1.54) is 7.11 Å². The monoisotopic (exact) mass is 373 g/mol. The standard InChI is InChI=1S/C21H31N3O3/c1-6-7-12-23(4)14-18-13-22-24(15-20(25)26-5)21(18)17-8-10-19(11-9-17)27-16(2)3/h8-11,13,16H,6-7,12,14-15H2,1-5H3. The molecule has 27 heavy (non-hydrogen) atoms. The zero-order valence-electron chi connectivity index (χ0n) is 17.1. The Bertz CT molecular complexity index is 723. The molecule has 0 unspecified atom stereocenters. The maximum absolute atomic E-state index is 11.8. The predicted octanol–water partition coefficient (Wildman–Crippen LogP) is 3.74. The molecule has 0 saturated carbocycles. The highest BCUT2D eigenvalue weighted by atomic mass is 16.5. The van der Waals surface area contributed by atoms with E-state index in [0.717, 1.165) is 48.5 Å². The molecule has 2 rings (SSSR count). The Morgan fingerprint density at radius 1 is 1.26 bits per heavy atom. The van der Waals surface area contributed by atoms with Crippen molar-refractivity contribution in [3.05, 3.63) is 36.0 Å². The average molecular weight is 373 g/mol. The largest absolute Gasteiger partial charge is 0.491 e. The zero-order chi connectivity index (χ0) is 19.8. The molecule has 148 valence electrons. The van der Waals surface area contributed by atoms with Crippen molar-refractivity contribution in [1.82, 2.24) is 14.7 Å². The summed E-state index contributed by atoms with van der Waals surface area (Å²) >= 11 is 0. The third kappa shape index (κ3) is 6.10. The molecule has 0 radical (unpaired) electrons. The van der Waals surface area contributed by atoms with E-state index in [9.17, 15) is 4.79 Å². The van der Waals surface area contributed by atoms with Crippen LogP contribution in [0.4, 0.5) is 0 Å². The Balaban J connectivity index is 2.31. The molecular formula is C21H31N3O3. The first-order valence-corrected chi connectivity index (χ1v) is 9.51. The normalized spacial score (nSPS) is 11.2. The zero-order valence-corrected chi connectivity index (χ0v) is 17.1. The number of hydrogen-bond acceptors (Lipinski definition) is 5. The van der Waals surface area contributed by atoms with Crippen molar-refractivity contribution in [2.45, 2.75) is 52.8 Å². The Morgan fingerprint density at radius 3 is 2.56 bits per heavy atom. The molecule has 0 N–H and O–H groups in total. The van der Waals surface area contributed by atoms with Crippen LogP contribution in [-0.2, 0) is 22.6 Å². The summed E-state index contributed by atoms with van der Waals surface area (Å²) in [5.41, 5.74) is 3.04. The van der Waals surface area contributed by atoms with Gasteiger partial charge >= 0.3 is 5.97 Å². The Kier molecular flexibility index (Phi) is 7.85. The van der Waals surface area contributed by atoms with Crippen LogP contribution in [0.3, 0.4) is 0 Å². The van der Waals surface area contributed by atoms with Gasteiger partial charge in [-0.1, -0.05) is 13.3 Å². The third-order valence-corrected chi connectivity index (χ3v) is 4.25. The summed E-state index contributed by atoms with van der Waals surface area (Å²) in [6.45, 7) is 8.09. The van der Waals surface area contributed by atoms with E-state index < -0.39 is 0 Å². The molecule has 6 heteroatoms. The minimum absolute atomic E-state index is 0.0920. The Labute approximate surface area is 162 Å². The molecule has 1 heterocycles. The number of benzene rings is 1. The lowest BCUT2D eigenvalue weighted by Crippen LogP contribution is -2.19. The third-order valence-electron chi connectivity index (χ3n) is 4.25. The molecule has 0 atom stereocenters. The summed E-state index contributed by atoms with van der Waals surface area (Å²) < 4.78 is 12.3. The van der Waals surface area contributed by atoms with Crippen molar-refractivity contribution < 1.29 is 14.3 Å². The van der Waals surface area contributed by atoms with Gasteiger partial charge in [0.05, 0.1) is 25.1 Å². The number of carbonyl (C=O) groups excluding carboxylic acids is 1. The van der Waals surface area contributed by atoms with Crippen LogP contribution in [0.15, 0.2) is 30.5 Å². The van der Waals surface area contributed by atoms with Crippen LogP contribution in [0.1, 0.15) is 39.2 Å². The molecule has 0 bridgehead atoms. The van der Waals surface area contributed by atoms with E-state index in [0.29, 0.717) is 0 Å². The molecule has 1 aromatic carbocycles. The molecule has 0 saturated heterocycles. The van der Waals surface area contributed by atoms with Crippen molar-refractivity contribution in [2.75, 3.05) is 20.7 Å². The highest BCUT2D eigenvalue weighted by Crippen LogP contribution is 2.27. The van der Waals surface area contributed by atoms with Gasteiger partial charge in [0.1, 0.15) is 12.3 Å². The van der Waals surface area contributed by atoms with Crippen molar-refractivity contribution in [2.24, 2.45) is 0 Å². The second kappa shape index (κ2) is 10.1. The fraction of sp³-hybridized carbons (Fsp3) is 0.524. The first-order valence-electron chi connectivity index (χ1n) is 9.51. The molecule has 2 aromatic rings. The Hall–Kier alpha value is -2.34. The van der Waals surface area contributed by atoms with Crippen molar-refractivity contribution >= 4 is 5.97 Å². The number of unbranched alkanes of at least 4 members (excludes halogenated alkanes) is 1. The number of aromatic nitrogens is 2. The van der Waals surface area contributed by atoms with Gasteiger partial charge in [-0.2, -0.15) is 5.10 Å². The molecule has 0 spiro atoms. The highest BCUT2D eigenvalue weighted by molar-refractivity contribution is 5.71. The second-order valence-corrected chi connectivity index (χ2v) is 7.03. The first-order chi connectivity index (χ1) is 12.9. The number of esters is 1. The van der Waals surface area contributed by atoms with Crippen LogP contribution < -0.4 is 4.74 Å². The van der Waals surface area contributed by atoms with E-state index in [1.807, 2.05) is 44.3 Å². The molecule has 0 aliphatic rings. The number of methoxy groups -OCH3 is 1. The smallest absolute Gasteiger partial charge is 0.327 e. The maximum atomic E-state index is 11.8. The molecule has 0 fully saturated rings. The summed E-state index contributed by atoms with van der Waals surface area (Å²) in [5, 5.41) is 4.44. The van der Waals surface area contributed by atoms with Gasteiger partial charge in [0, 0.05) is 17.7 Å². The lowest BCUT2D eigenvalue weighted by atomic mass is 10.1. The molecule has 1 aromatic heterocycles. The van der Waals surface area contributed by atoms with Gasteiger partial charge in [-0.3, -0.25) is 9.48 Å². The van der Waals surface area contributed by atoms with Crippen LogP contribution in [0, 0.1) is 0 Å². The summed E-state index contributed by atoms with van der Waals surface area (Å²) in [5.74, 6) is 0.513. The van der Waals surface area contributed by atoms with Crippen LogP contribution in [0.5, 0.6) is 5.75 Å². The van der Waals surface area contributed by atoms with Crippen LogP contribution in [0.25, 0.3) is 11.3 Å². The molecular weight excluding hydrogens is 342 g/mol. The van der Waals surface area contributed by atoms with Gasteiger partial charge in [0.15, 0.2) is 0 Å². The van der Waals surface area contributed by atoms with Crippen LogP contribution >= 0.6 is 0 Å². The van der Waals surface area contributed by atoms with E-state index in [1.54, 1.807) is 4.68 Å². The summed E-state index contributed by atoms with van der Waals surface area (Å²) in [6, 6.07) is 7.93. The topological polar surface area (TPSA) is 56.6 Å². The molecule has 0 aliphatic carbocycles. The van der Waals surface area contributed by atoms with Crippen LogP contribution in [0.2, 0.25) is 0 Å². The fourth-order valence-corrected chi connectivity index (χ4v) is 2.94. The fourth-order valence-electron chi connectivity index (χ4n) is 2.94. The van der Waals surface area contributed by atoms with Crippen molar-refractivity contribution in [3.8, 4) is 17.0 Å². The summed E-state index contributed by atoms with van der Waals surface area (Å²) in [6.07, 6.45) is 4.29. The molecule has 0 amide bonds. The number of hydrogen-bond donors (Lipinski definition) is 0. The van der Waals surface area contributed by atoms with Gasteiger partial charge in [0.2, 0.25) is 0 Å². The van der Waals surface area contributed by atoms with Gasteiger partial charge in [-0.25, -0.2) is 0 Å². The van der Waals surface area contributed by atoms with E-state index in [4.69, 9.17) is 9.47 Å². The first kappa shape index (κ1) is 21.0. The number of rotatable bonds is 10. The van der Waals surface area contributed by atoms with Gasteiger partial charge in [0.25, 0.3) is 0 Å². The number of ether oxygens (including phenoxy) is 2. The average Bonchev–Trinajstić information content (AvgIpc) is 3.02. The van der Waals surface area contributed by atoms with E-state index in [-0.39, 0.29) is 18.6 Å². The maximum Gasteiger partial charge on any atom is 0.327 e. The van der Waals surface area contributed by atoms with Gasteiger partial charge in [-0.15, -0.1) is 0 Å².